The van der Waals surface area contributed by atoms with Crippen molar-refractivity contribution in [3.8, 4) is 0 Å². The molecule has 0 bridgehead atoms. The molecular weight excluding hydrogens is 261 g/mol. The molecule has 3 rings (SSSR count). The predicted octanol–water partition coefficient (Wildman–Crippen LogP) is 2.53. The molecule has 0 aliphatic heterocycles. The molecule has 1 aromatic carbocycles. The van der Waals surface area contributed by atoms with Gasteiger partial charge in [-0.25, -0.2) is 4.39 Å². The third-order valence-corrected chi connectivity index (χ3v) is 3.11. The van der Waals surface area contributed by atoms with Gasteiger partial charge in [-0.2, -0.15) is 5.10 Å². The Kier molecular flexibility index (Phi) is 2.98. The number of fused-ring (bicyclic) bond motifs is 1. The molecule has 102 valence electrons. The third-order valence-electron chi connectivity index (χ3n) is 3.11. The number of hydrogen-bond acceptors (Lipinski definition) is 3. The van der Waals surface area contributed by atoms with Crippen LogP contribution in [0.25, 0.3) is 11.0 Å². The van der Waals surface area contributed by atoms with Gasteiger partial charge in [-0.1, -0.05) is 0 Å². The molecule has 2 heterocycles. The van der Waals surface area contributed by atoms with Crippen molar-refractivity contribution in [1.82, 2.24) is 15.5 Å². The Morgan fingerprint density at radius 3 is 3.10 bits per heavy atom. The first-order chi connectivity index (χ1) is 9.65. The molecular formula is C14H12FN3O2. The van der Waals surface area contributed by atoms with E-state index in [0.29, 0.717) is 23.1 Å². The van der Waals surface area contributed by atoms with E-state index in [1.165, 1.54) is 18.2 Å². The highest BCUT2D eigenvalue weighted by atomic mass is 19.1. The van der Waals surface area contributed by atoms with Crippen LogP contribution in [0.1, 0.15) is 21.7 Å². The van der Waals surface area contributed by atoms with Crippen LogP contribution in [0.5, 0.6) is 0 Å². The molecule has 6 heteroatoms. The van der Waals surface area contributed by atoms with Gasteiger partial charge in [0.15, 0.2) is 5.76 Å². The van der Waals surface area contributed by atoms with E-state index in [0.717, 1.165) is 5.56 Å². The molecule has 0 atom stereocenters. The van der Waals surface area contributed by atoms with Crippen LogP contribution < -0.4 is 5.32 Å². The number of aromatic amines is 1. The number of H-pyrrole nitrogens is 1. The Labute approximate surface area is 113 Å². The zero-order chi connectivity index (χ0) is 14.1. The van der Waals surface area contributed by atoms with Gasteiger partial charge in [0.25, 0.3) is 5.91 Å². The molecule has 2 aromatic heterocycles. The van der Waals surface area contributed by atoms with E-state index in [9.17, 15) is 9.18 Å². The van der Waals surface area contributed by atoms with Crippen LogP contribution in [0.15, 0.2) is 35.0 Å². The van der Waals surface area contributed by atoms with Gasteiger partial charge in [0.2, 0.25) is 0 Å². The van der Waals surface area contributed by atoms with E-state index in [1.54, 1.807) is 19.3 Å². The number of hydrogen-bond donors (Lipinski definition) is 2. The van der Waals surface area contributed by atoms with E-state index in [4.69, 9.17) is 4.42 Å². The van der Waals surface area contributed by atoms with Crippen molar-refractivity contribution in [2.45, 2.75) is 13.5 Å². The Morgan fingerprint density at radius 1 is 1.50 bits per heavy atom. The van der Waals surface area contributed by atoms with Gasteiger partial charge in [-0.15, -0.1) is 0 Å². The van der Waals surface area contributed by atoms with Crippen LogP contribution in [0.4, 0.5) is 4.39 Å². The summed E-state index contributed by atoms with van der Waals surface area (Å²) in [6, 6.07) is 4.18. The number of benzene rings is 1. The zero-order valence-electron chi connectivity index (χ0n) is 10.7. The highest BCUT2D eigenvalue weighted by Crippen LogP contribution is 2.25. The minimum Gasteiger partial charge on any atom is -0.451 e. The largest absolute Gasteiger partial charge is 0.451 e. The van der Waals surface area contributed by atoms with E-state index in [-0.39, 0.29) is 17.5 Å². The second kappa shape index (κ2) is 4.80. The SMILES string of the molecule is Cc1c(C(=O)NCc2cn[nH]c2)oc2ccc(F)cc12. The summed E-state index contributed by atoms with van der Waals surface area (Å²) >= 11 is 0. The van der Waals surface area contributed by atoms with Gasteiger partial charge in [0.05, 0.1) is 6.20 Å². The maximum atomic E-state index is 13.2. The van der Waals surface area contributed by atoms with Gasteiger partial charge in [-0.05, 0) is 25.1 Å². The molecule has 20 heavy (non-hydrogen) atoms. The van der Waals surface area contributed by atoms with E-state index in [2.05, 4.69) is 15.5 Å². The van der Waals surface area contributed by atoms with Crippen molar-refractivity contribution in [2.24, 2.45) is 0 Å². The number of nitrogens with one attached hydrogen (secondary N) is 2. The van der Waals surface area contributed by atoms with Crippen LogP contribution >= 0.6 is 0 Å². The summed E-state index contributed by atoms with van der Waals surface area (Å²) in [6.07, 6.45) is 3.32. The lowest BCUT2D eigenvalue weighted by Crippen LogP contribution is -2.22. The molecule has 0 aliphatic rings. The number of aryl methyl sites for hydroxylation is 1. The maximum absolute atomic E-state index is 13.2. The number of carbonyl (C=O) groups excluding carboxylic acids is 1. The lowest BCUT2D eigenvalue weighted by Gasteiger charge is -2.01. The molecule has 2 N–H and O–H groups in total. The van der Waals surface area contributed by atoms with Gasteiger partial charge >= 0.3 is 0 Å². The minimum absolute atomic E-state index is 0.203. The zero-order valence-corrected chi connectivity index (χ0v) is 10.7. The number of carbonyl (C=O) groups is 1. The molecule has 0 saturated heterocycles. The normalized spacial score (nSPS) is 10.9. The quantitative estimate of drug-likeness (QED) is 0.770. The average molecular weight is 273 g/mol. The monoisotopic (exact) mass is 273 g/mol. The molecule has 0 fully saturated rings. The Hall–Kier alpha value is -2.63. The molecule has 3 aromatic rings. The Bertz CT molecular complexity index is 762. The fraction of sp³-hybridized carbons (Fsp3) is 0.143. The topological polar surface area (TPSA) is 70.9 Å². The Balaban J connectivity index is 1.86. The van der Waals surface area contributed by atoms with Crippen LogP contribution in [0, 0.1) is 12.7 Å². The van der Waals surface area contributed by atoms with Crippen molar-refractivity contribution in [3.05, 3.63) is 53.3 Å². The summed E-state index contributed by atoms with van der Waals surface area (Å²) in [5, 5.41) is 9.80. The number of furan rings is 1. The second-order valence-corrected chi connectivity index (χ2v) is 4.49. The van der Waals surface area contributed by atoms with E-state index < -0.39 is 0 Å². The highest BCUT2D eigenvalue weighted by molar-refractivity contribution is 5.98. The molecule has 1 amide bonds. The van der Waals surface area contributed by atoms with Crippen LogP contribution in [-0.4, -0.2) is 16.1 Å². The summed E-state index contributed by atoms with van der Waals surface area (Å²) in [6.45, 7) is 2.08. The van der Waals surface area contributed by atoms with Crippen molar-refractivity contribution in [1.29, 1.82) is 0 Å². The van der Waals surface area contributed by atoms with Gasteiger partial charge in [0.1, 0.15) is 11.4 Å². The first-order valence-corrected chi connectivity index (χ1v) is 6.09. The summed E-state index contributed by atoms with van der Waals surface area (Å²) < 4.78 is 18.7. The smallest absolute Gasteiger partial charge is 0.287 e. The second-order valence-electron chi connectivity index (χ2n) is 4.49. The Morgan fingerprint density at radius 2 is 2.35 bits per heavy atom. The predicted molar refractivity (Wildman–Crippen MR) is 70.7 cm³/mol. The van der Waals surface area contributed by atoms with Crippen molar-refractivity contribution in [2.75, 3.05) is 0 Å². The first kappa shape index (κ1) is 12.4. The van der Waals surface area contributed by atoms with Crippen molar-refractivity contribution >= 4 is 16.9 Å². The fourth-order valence-corrected chi connectivity index (χ4v) is 2.05. The van der Waals surface area contributed by atoms with Crippen molar-refractivity contribution in [3.63, 3.8) is 0 Å². The highest BCUT2D eigenvalue weighted by Gasteiger charge is 2.17. The molecule has 0 radical (unpaired) electrons. The van der Waals surface area contributed by atoms with E-state index >= 15 is 0 Å². The maximum Gasteiger partial charge on any atom is 0.287 e. The lowest BCUT2D eigenvalue weighted by atomic mass is 10.1. The summed E-state index contributed by atoms with van der Waals surface area (Å²) in [5.41, 5.74) is 1.99. The lowest BCUT2D eigenvalue weighted by molar-refractivity contribution is 0.0924. The molecule has 0 saturated carbocycles. The molecule has 0 spiro atoms. The number of nitrogens with zero attached hydrogens (tertiary/aromatic N) is 1. The average Bonchev–Trinajstić information content (AvgIpc) is 3.05. The summed E-state index contributed by atoms with van der Waals surface area (Å²) in [7, 11) is 0. The van der Waals surface area contributed by atoms with Crippen molar-refractivity contribution < 1.29 is 13.6 Å². The van der Waals surface area contributed by atoms with Gasteiger partial charge < -0.3 is 9.73 Å². The van der Waals surface area contributed by atoms with Gasteiger partial charge in [0, 0.05) is 29.3 Å². The molecule has 0 aliphatic carbocycles. The van der Waals surface area contributed by atoms with Crippen LogP contribution in [0.3, 0.4) is 0 Å². The minimum atomic E-state index is -0.355. The first-order valence-electron chi connectivity index (χ1n) is 6.09. The van der Waals surface area contributed by atoms with Crippen LogP contribution in [-0.2, 0) is 6.54 Å². The number of rotatable bonds is 3. The third kappa shape index (κ3) is 2.16. The standard InChI is InChI=1S/C14H12FN3O2/c1-8-11-4-10(15)2-3-12(11)20-13(8)14(19)16-5-9-6-17-18-7-9/h2-4,6-7H,5H2,1H3,(H,16,19)(H,17,18). The van der Waals surface area contributed by atoms with E-state index in [1.807, 2.05) is 0 Å². The van der Waals surface area contributed by atoms with Crippen LogP contribution in [0.2, 0.25) is 0 Å². The molecule has 5 nitrogen and oxygen atoms in total. The number of halogens is 1. The number of amides is 1. The van der Waals surface area contributed by atoms with Gasteiger partial charge in [-0.3, -0.25) is 9.89 Å². The number of aromatic nitrogens is 2. The summed E-state index contributed by atoms with van der Waals surface area (Å²) in [4.78, 5) is 12.1. The fourth-order valence-electron chi connectivity index (χ4n) is 2.05. The summed E-state index contributed by atoms with van der Waals surface area (Å²) in [5.74, 6) is -0.485. The molecule has 0 unspecified atom stereocenters.